The van der Waals surface area contributed by atoms with E-state index < -0.39 is 5.72 Å². The maximum absolute atomic E-state index is 11.2. The molecule has 0 aliphatic carbocycles. The fraction of sp³-hybridized carbons (Fsp3) is 0.0625. The van der Waals surface area contributed by atoms with Crippen molar-refractivity contribution in [2.75, 3.05) is 0 Å². The first-order chi connectivity index (χ1) is 11.2. The van der Waals surface area contributed by atoms with Crippen molar-refractivity contribution in [3.05, 3.63) is 61.6 Å². The minimum atomic E-state index is -1.64. The molecule has 0 fully saturated rings. The minimum absolute atomic E-state index is 0.0665. The summed E-state index contributed by atoms with van der Waals surface area (Å²) >= 11 is 2.70. The Bertz CT molecular complexity index is 918. The van der Waals surface area contributed by atoms with E-state index in [9.17, 15) is 10.4 Å². The first-order valence-corrected chi connectivity index (χ1v) is 8.19. The molecule has 1 aliphatic heterocycles. The molecule has 3 rings (SSSR count). The summed E-state index contributed by atoms with van der Waals surface area (Å²) in [5.74, 6) is 0. The van der Waals surface area contributed by atoms with E-state index >= 15 is 0 Å². The van der Waals surface area contributed by atoms with Gasteiger partial charge in [-0.1, -0.05) is 12.1 Å². The molecule has 2 aromatic rings. The van der Waals surface area contributed by atoms with Crippen LogP contribution in [0, 0.1) is 34.0 Å². The Labute approximate surface area is 140 Å². The van der Waals surface area contributed by atoms with Crippen LogP contribution < -0.4 is 5.32 Å². The molecule has 110 valence electrons. The molecule has 0 saturated heterocycles. The van der Waals surface area contributed by atoms with Crippen LogP contribution in [0.5, 0.6) is 0 Å². The number of hydrogen-bond donors (Lipinski definition) is 2. The number of allylic oxidation sites excluding steroid dienone is 2. The second-order valence-electron chi connectivity index (χ2n) is 4.63. The molecule has 0 spiro atoms. The molecule has 7 heteroatoms. The Kier molecular flexibility index (Phi) is 3.73. The van der Waals surface area contributed by atoms with Crippen LogP contribution in [0.3, 0.4) is 0 Å². The highest BCUT2D eigenvalue weighted by atomic mass is 32.1. The fourth-order valence-corrected chi connectivity index (χ4v) is 4.05. The summed E-state index contributed by atoms with van der Waals surface area (Å²) in [5, 5.41) is 45.6. The van der Waals surface area contributed by atoms with Crippen molar-refractivity contribution in [2.24, 2.45) is 0 Å². The largest absolute Gasteiger partial charge is 0.363 e. The standard InChI is InChI=1S/C16H8N4OS2/c17-7-10(8-18)15-11(9-19)14(12-3-1-5-22-12)16(21,20-15)13-4-2-6-23-13/h1-6,20-21H. The van der Waals surface area contributed by atoms with Gasteiger partial charge in [0, 0.05) is 10.5 Å². The lowest BCUT2D eigenvalue weighted by atomic mass is 9.98. The van der Waals surface area contributed by atoms with Gasteiger partial charge in [-0.05, 0) is 22.9 Å². The Morgan fingerprint density at radius 3 is 2.30 bits per heavy atom. The van der Waals surface area contributed by atoms with Gasteiger partial charge in [0.2, 0.25) is 5.72 Å². The lowest BCUT2D eigenvalue weighted by Gasteiger charge is -2.25. The van der Waals surface area contributed by atoms with Crippen molar-refractivity contribution in [1.82, 2.24) is 5.32 Å². The SMILES string of the molecule is N#CC(C#N)=C1NC(O)(c2cccs2)C(c2cccs2)=C1C#N. The minimum Gasteiger partial charge on any atom is -0.363 e. The molecule has 1 unspecified atom stereocenters. The van der Waals surface area contributed by atoms with Crippen LogP contribution in [-0.4, -0.2) is 5.11 Å². The quantitative estimate of drug-likeness (QED) is 0.821. The van der Waals surface area contributed by atoms with E-state index in [4.69, 9.17) is 10.5 Å². The van der Waals surface area contributed by atoms with Crippen LogP contribution in [0.1, 0.15) is 9.75 Å². The molecule has 1 atom stereocenters. The molecule has 5 nitrogen and oxygen atoms in total. The van der Waals surface area contributed by atoms with Crippen LogP contribution in [0.15, 0.2) is 51.9 Å². The zero-order valence-electron chi connectivity index (χ0n) is 11.6. The smallest absolute Gasteiger partial charge is 0.201 e. The van der Waals surface area contributed by atoms with Crippen molar-refractivity contribution in [1.29, 1.82) is 15.8 Å². The van der Waals surface area contributed by atoms with Gasteiger partial charge in [-0.2, -0.15) is 15.8 Å². The second-order valence-corrected chi connectivity index (χ2v) is 6.52. The third kappa shape index (κ3) is 2.23. The van der Waals surface area contributed by atoms with Crippen molar-refractivity contribution >= 4 is 28.2 Å². The van der Waals surface area contributed by atoms with Crippen LogP contribution in [0.25, 0.3) is 5.57 Å². The Morgan fingerprint density at radius 2 is 1.78 bits per heavy atom. The second kappa shape index (κ2) is 5.72. The summed E-state index contributed by atoms with van der Waals surface area (Å²) in [6.45, 7) is 0. The van der Waals surface area contributed by atoms with Crippen molar-refractivity contribution < 1.29 is 5.11 Å². The summed E-state index contributed by atoms with van der Waals surface area (Å²) < 4.78 is 0. The number of nitriles is 3. The molecular weight excluding hydrogens is 328 g/mol. The molecule has 0 amide bonds. The van der Waals surface area contributed by atoms with Gasteiger partial charge in [-0.25, -0.2) is 0 Å². The van der Waals surface area contributed by atoms with Crippen LogP contribution in [-0.2, 0) is 5.72 Å². The summed E-state index contributed by atoms with van der Waals surface area (Å²) in [6.07, 6.45) is 0. The van der Waals surface area contributed by atoms with Gasteiger partial charge >= 0.3 is 0 Å². The number of hydrogen-bond acceptors (Lipinski definition) is 7. The van der Waals surface area contributed by atoms with Gasteiger partial charge in [0.1, 0.15) is 18.2 Å². The molecular formula is C16H8N4OS2. The number of nitrogens with zero attached hydrogens (tertiary/aromatic N) is 3. The number of thiophene rings is 2. The van der Waals surface area contributed by atoms with Crippen molar-refractivity contribution in [2.45, 2.75) is 5.72 Å². The van der Waals surface area contributed by atoms with Gasteiger partial charge < -0.3 is 10.4 Å². The summed E-state index contributed by atoms with van der Waals surface area (Å²) in [6, 6.07) is 12.7. The summed E-state index contributed by atoms with van der Waals surface area (Å²) in [5.41, 5.74) is -1.32. The molecule has 2 N–H and O–H groups in total. The van der Waals surface area contributed by atoms with E-state index in [-0.39, 0.29) is 16.8 Å². The average molecular weight is 336 g/mol. The van der Waals surface area contributed by atoms with E-state index in [0.29, 0.717) is 15.3 Å². The zero-order chi connectivity index (χ0) is 16.4. The maximum atomic E-state index is 11.2. The molecule has 0 radical (unpaired) electrons. The average Bonchev–Trinajstić information content (AvgIpc) is 3.28. The molecule has 3 heterocycles. The van der Waals surface area contributed by atoms with Gasteiger partial charge in [-0.3, -0.25) is 0 Å². The van der Waals surface area contributed by atoms with E-state index in [1.807, 2.05) is 22.9 Å². The Hall–Kier alpha value is -2.89. The molecule has 2 aromatic heterocycles. The number of nitrogens with one attached hydrogen (secondary N) is 1. The van der Waals surface area contributed by atoms with E-state index in [1.54, 1.807) is 30.3 Å². The van der Waals surface area contributed by atoms with Gasteiger partial charge in [0.25, 0.3) is 0 Å². The first-order valence-electron chi connectivity index (χ1n) is 6.43. The first kappa shape index (κ1) is 15.0. The fourth-order valence-electron chi connectivity index (χ4n) is 2.44. The van der Waals surface area contributed by atoms with Crippen LogP contribution in [0.4, 0.5) is 0 Å². The Balaban J connectivity index is 2.36. The predicted molar refractivity (Wildman–Crippen MR) is 86.5 cm³/mol. The molecule has 23 heavy (non-hydrogen) atoms. The molecule has 1 aliphatic rings. The third-order valence-electron chi connectivity index (χ3n) is 3.40. The van der Waals surface area contributed by atoms with Crippen LogP contribution in [0.2, 0.25) is 0 Å². The van der Waals surface area contributed by atoms with Crippen molar-refractivity contribution in [3.8, 4) is 18.2 Å². The third-order valence-corrected chi connectivity index (χ3v) is 5.26. The number of rotatable bonds is 2. The van der Waals surface area contributed by atoms with Gasteiger partial charge in [-0.15, -0.1) is 22.7 Å². The monoisotopic (exact) mass is 336 g/mol. The summed E-state index contributed by atoms with van der Waals surface area (Å²) in [4.78, 5) is 1.29. The van der Waals surface area contributed by atoms with Gasteiger partial charge in [0.15, 0.2) is 5.57 Å². The highest BCUT2D eigenvalue weighted by molar-refractivity contribution is 7.11. The predicted octanol–water partition coefficient (Wildman–Crippen LogP) is 2.84. The van der Waals surface area contributed by atoms with Gasteiger partial charge in [0.05, 0.1) is 16.1 Å². The van der Waals surface area contributed by atoms with Crippen LogP contribution >= 0.6 is 22.7 Å². The highest BCUT2D eigenvalue weighted by Gasteiger charge is 2.46. The van der Waals surface area contributed by atoms with E-state index in [0.717, 1.165) is 0 Å². The zero-order valence-corrected chi connectivity index (χ0v) is 13.2. The lowest BCUT2D eigenvalue weighted by Crippen LogP contribution is -2.37. The maximum Gasteiger partial charge on any atom is 0.201 e. The molecule has 0 saturated carbocycles. The molecule has 0 aromatic carbocycles. The lowest BCUT2D eigenvalue weighted by molar-refractivity contribution is 0.0852. The Morgan fingerprint density at radius 1 is 1.09 bits per heavy atom. The topological polar surface area (TPSA) is 104 Å². The summed E-state index contributed by atoms with van der Waals surface area (Å²) in [7, 11) is 0. The highest BCUT2D eigenvalue weighted by Crippen LogP contribution is 2.47. The number of aliphatic hydroxyl groups is 1. The van der Waals surface area contributed by atoms with E-state index in [2.05, 4.69) is 5.32 Å². The van der Waals surface area contributed by atoms with Crippen molar-refractivity contribution in [3.63, 3.8) is 0 Å². The van der Waals surface area contributed by atoms with E-state index in [1.165, 1.54) is 22.7 Å². The normalized spacial score (nSPS) is 19.7. The molecule has 0 bridgehead atoms.